The van der Waals surface area contributed by atoms with E-state index in [9.17, 15) is 8.42 Å². The van der Waals surface area contributed by atoms with Crippen LogP contribution in [0.1, 0.15) is 5.56 Å². The predicted octanol–water partition coefficient (Wildman–Crippen LogP) is 3.44. The van der Waals surface area contributed by atoms with Gasteiger partial charge in [-0.3, -0.25) is 5.43 Å². The molecule has 1 heterocycles. The maximum absolute atomic E-state index is 12.8. The average Bonchev–Trinajstić information content (AvgIpc) is 2.71. The second kappa shape index (κ2) is 9.96. The Morgan fingerprint density at radius 1 is 1.24 bits per heavy atom. The molecule has 0 aromatic heterocycles. The molecular weight excluding hydrogens is 500 g/mol. The highest BCUT2D eigenvalue weighted by Gasteiger charge is 2.26. The molecule has 3 rings (SSSR count). The number of hydrazone groups is 1. The first-order chi connectivity index (χ1) is 13.9. The van der Waals surface area contributed by atoms with E-state index in [1.54, 1.807) is 6.21 Å². The van der Waals surface area contributed by atoms with Gasteiger partial charge in [0, 0.05) is 23.1 Å². The number of benzene rings is 2. The van der Waals surface area contributed by atoms with E-state index in [0.29, 0.717) is 37.0 Å². The molecule has 0 amide bonds. The number of ether oxygens (including phenoxy) is 1. The molecule has 1 fully saturated rings. The van der Waals surface area contributed by atoms with Crippen LogP contribution in [0, 0.1) is 0 Å². The van der Waals surface area contributed by atoms with Gasteiger partial charge >= 0.3 is 0 Å². The lowest BCUT2D eigenvalue weighted by molar-refractivity contribution is 0.0730. The fourth-order valence-electron chi connectivity index (χ4n) is 2.59. The lowest BCUT2D eigenvalue weighted by atomic mass is 10.2. The van der Waals surface area contributed by atoms with Crippen molar-refractivity contribution < 1.29 is 13.2 Å². The number of morpholine rings is 1. The number of rotatable bonds is 5. The van der Waals surface area contributed by atoms with Crippen molar-refractivity contribution >= 4 is 66.8 Å². The van der Waals surface area contributed by atoms with E-state index in [1.165, 1.54) is 22.5 Å². The van der Waals surface area contributed by atoms with Gasteiger partial charge in [0.15, 0.2) is 5.11 Å². The number of hydrogen-bond donors (Lipinski definition) is 2. The van der Waals surface area contributed by atoms with Gasteiger partial charge in [0.05, 0.1) is 35.0 Å². The zero-order valence-corrected chi connectivity index (χ0v) is 19.1. The van der Waals surface area contributed by atoms with E-state index in [0.717, 1.165) is 10.0 Å². The third kappa shape index (κ3) is 5.74. The first-order valence-corrected chi connectivity index (χ1v) is 11.6. The summed E-state index contributed by atoms with van der Waals surface area (Å²) in [5.74, 6) is 0. The van der Waals surface area contributed by atoms with Crippen molar-refractivity contribution in [3.8, 4) is 0 Å². The number of thiocarbonyl (C=S) groups is 1. The monoisotopic (exact) mass is 516 g/mol. The van der Waals surface area contributed by atoms with Gasteiger partial charge in [0.25, 0.3) is 0 Å². The Morgan fingerprint density at radius 3 is 2.69 bits per heavy atom. The van der Waals surface area contributed by atoms with Crippen LogP contribution >= 0.6 is 39.7 Å². The van der Waals surface area contributed by atoms with Gasteiger partial charge in [-0.15, -0.1) is 0 Å². The summed E-state index contributed by atoms with van der Waals surface area (Å²) in [6, 6.07) is 12.0. The summed E-state index contributed by atoms with van der Waals surface area (Å²) in [4.78, 5) is 0.130. The van der Waals surface area contributed by atoms with Crippen LogP contribution in [-0.4, -0.2) is 50.4 Å². The zero-order chi connectivity index (χ0) is 20.9. The van der Waals surface area contributed by atoms with Gasteiger partial charge in [0.2, 0.25) is 10.0 Å². The third-order valence-electron chi connectivity index (χ3n) is 4.07. The minimum Gasteiger partial charge on any atom is -0.379 e. The summed E-state index contributed by atoms with van der Waals surface area (Å²) < 4.78 is 33.2. The second-order valence-electron chi connectivity index (χ2n) is 6.00. The number of sulfonamides is 1. The number of nitrogens with one attached hydrogen (secondary N) is 2. The molecule has 1 aliphatic rings. The lowest BCUT2D eigenvalue weighted by Gasteiger charge is -2.26. The van der Waals surface area contributed by atoms with E-state index >= 15 is 0 Å². The van der Waals surface area contributed by atoms with Crippen LogP contribution in [0.2, 0.25) is 5.02 Å². The summed E-state index contributed by atoms with van der Waals surface area (Å²) in [6.45, 7) is 1.39. The molecular formula is C18H18BrClN4O3S2. The van der Waals surface area contributed by atoms with Crippen LogP contribution in [-0.2, 0) is 14.8 Å². The predicted molar refractivity (Wildman–Crippen MR) is 122 cm³/mol. The Bertz CT molecular complexity index is 1030. The Hall–Kier alpha value is -1.56. The minimum atomic E-state index is -3.64. The van der Waals surface area contributed by atoms with Crippen molar-refractivity contribution in [2.75, 3.05) is 31.6 Å². The Morgan fingerprint density at radius 2 is 1.97 bits per heavy atom. The van der Waals surface area contributed by atoms with Crippen LogP contribution in [0.5, 0.6) is 0 Å². The van der Waals surface area contributed by atoms with Gasteiger partial charge in [-0.1, -0.05) is 45.7 Å². The number of anilines is 1. The molecule has 29 heavy (non-hydrogen) atoms. The molecule has 154 valence electrons. The molecule has 0 bridgehead atoms. The second-order valence-corrected chi connectivity index (χ2v) is 9.61. The molecule has 7 nitrogen and oxygen atoms in total. The SMILES string of the molecule is O=S(=O)(c1ccc(Cl)c(NC(=S)N/N=C/c2ccccc2Br)c1)N1CCOCC1. The molecule has 1 aliphatic heterocycles. The van der Waals surface area contributed by atoms with Crippen LogP contribution < -0.4 is 10.7 Å². The summed E-state index contributed by atoms with van der Waals surface area (Å²) in [5, 5.41) is 7.48. The molecule has 2 N–H and O–H groups in total. The summed E-state index contributed by atoms with van der Waals surface area (Å²) in [6.07, 6.45) is 1.61. The molecule has 0 radical (unpaired) electrons. The Labute approximate surface area is 188 Å². The summed E-state index contributed by atoms with van der Waals surface area (Å²) in [7, 11) is -3.64. The van der Waals surface area contributed by atoms with Gasteiger partial charge in [-0.25, -0.2) is 8.42 Å². The van der Waals surface area contributed by atoms with E-state index in [4.69, 9.17) is 28.6 Å². The number of hydrogen-bond acceptors (Lipinski definition) is 5. The van der Waals surface area contributed by atoms with Crippen molar-refractivity contribution in [3.63, 3.8) is 0 Å². The van der Waals surface area contributed by atoms with Crippen LogP contribution in [0.25, 0.3) is 0 Å². The molecule has 2 aromatic rings. The maximum atomic E-state index is 12.8. The minimum absolute atomic E-state index is 0.130. The highest BCUT2D eigenvalue weighted by atomic mass is 79.9. The molecule has 2 aromatic carbocycles. The topological polar surface area (TPSA) is 83.0 Å². The number of halogens is 2. The summed E-state index contributed by atoms with van der Waals surface area (Å²) in [5.41, 5.74) is 3.93. The first kappa shape index (κ1) is 22.1. The first-order valence-electron chi connectivity index (χ1n) is 8.60. The quantitative estimate of drug-likeness (QED) is 0.359. The molecule has 0 unspecified atom stereocenters. The zero-order valence-electron chi connectivity index (χ0n) is 15.1. The average molecular weight is 518 g/mol. The Kier molecular flexibility index (Phi) is 7.60. The highest BCUT2D eigenvalue weighted by molar-refractivity contribution is 9.10. The smallest absolute Gasteiger partial charge is 0.243 e. The molecule has 0 aliphatic carbocycles. The van der Waals surface area contributed by atoms with Gasteiger partial charge in [-0.05, 0) is 36.5 Å². The normalized spacial score (nSPS) is 15.4. The maximum Gasteiger partial charge on any atom is 0.243 e. The van der Waals surface area contributed by atoms with E-state index in [-0.39, 0.29) is 10.0 Å². The molecule has 0 saturated carbocycles. The van der Waals surface area contributed by atoms with Crippen LogP contribution in [0.3, 0.4) is 0 Å². The molecule has 1 saturated heterocycles. The van der Waals surface area contributed by atoms with Crippen molar-refractivity contribution in [2.45, 2.75) is 4.90 Å². The van der Waals surface area contributed by atoms with Crippen LogP contribution in [0.15, 0.2) is 56.9 Å². The van der Waals surface area contributed by atoms with Crippen molar-refractivity contribution in [3.05, 3.63) is 57.5 Å². The van der Waals surface area contributed by atoms with E-state index in [1.807, 2.05) is 24.3 Å². The van der Waals surface area contributed by atoms with Crippen molar-refractivity contribution in [1.82, 2.24) is 9.73 Å². The largest absolute Gasteiger partial charge is 0.379 e. The number of nitrogens with zero attached hydrogens (tertiary/aromatic N) is 2. The fourth-order valence-corrected chi connectivity index (χ4v) is 4.74. The van der Waals surface area contributed by atoms with Crippen molar-refractivity contribution in [2.24, 2.45) is 5.10 Å². The van der Waals surface area contributed by atoms with Crippen molar-refractivity contribution in [1.29, 1.82) is 0 Å². The highest BCUT2D eigenvalue weighted by Crippen LogP contribution is 2.27. The van der Waals surface area contributed by atoms with Crippen LogP contribution in [0.4, 0.5) is 5.69 Å². The fraction of sp³-hybridized carbons (Fsp3) is 0.222. The molecule has 0 spiro atoms. The van der Waals surface area contributed by atoms with Gasteiger partial charge in [-0.2, -0.15) is 9.41 Å². The van der Waals surface area contributed by atoms with E-state index in [2.05, 4.69) is 31.8 Å². The molecule has 0 atom stereocenters. The Balaban J connectivity index is 1.70. The van der Waals surface area contributed by atoms with Gasteiger partial charge < -0.3 is 10.1 Å². The lowest BCUT2D eigenvalue weighted by Crippen LogP contribution is -2.40. The third-order valence-corrected chi connectivity index (χ3v) is 7.21. The van der Waals surface area contributed by atoms with Gasteiger partial charge in [0.1, 0.15) is 0 Å². The summed E-state index contributed by atoms with van der Waals surface area (Å²) >= 11 is 14.9. The molecule has 11 heteroatoms. The standard InChI is InChI=1S/C18H18BrClN4O3S2/c19-15-4-2-1-3-13(15)12-21-23-18(28)22-17-11-14(5-6-16(17)20)29(25,26)24-7-9-27-10-8-24/h1-6,11-12H,7-10H2,(H2,22,23,28)/b21-12+. The van der Waals surface area contributed by atoms with E-state index < -0.39 is 10.0 Å².